The Balaban J connectivity index is 1.70. The summed E-state index contributed by atoms with van der Waals surface area (Å²) in [5, 5.41) is 14.9. The van der Waals surface area contributed by atoms with Crippen LogP contribution in [-0.2, 0) is 6.54 Å². The van der Waals surface area contributed by atoms with Crippen molar-refractivity contribution in [2.75, 3.05) is 11.4 Å². The zero-order valence-electron chi connectivity index (χ0n) is 18.0. The molecule has 0 spiro atoms. The van der Waals surface area contributed by atoms with Crippen molar-refractivity contribution < 1.29 is 0 Å². The second-order valence-corrected chi connectivity index (χ2v) is 7.58. The molecule has 9 nitrogen and oxygen atoms in total. The summed E-state index contributed by atoms with van der Waals surface area (Å²) in [4.78, 5) is 27.3. The molecule has 4 heterocycles. The lowest BCUT2D eigenvalue weighted by molar-refractivity contribution is 0.690. The first-order valence-corrected chi connectivity index (χ1v) is 10.6. The zero-order valence-corrected chi connectivity index (χ0v) is 18.0. The summed E-state index contributed by atoms with van der Waals surface area (Å²) in [5.41, 5.74) is 2.46. The van der Waals surface area contributed by atoms with E-state index in [-0.39, 0.29) is 5.56 Å². The largest absolute Gasteiger partial charge is 0.349 e. The molecule has 0 fully saturated rings. The van der Waals surface area contributed by atoms with Crippen LogP contribution in [0.2, 0.25) is 0 Å². The van der Waals surface area contributed by atoms with E-state index in [9.17, 15) is 10.1 Å². The van der Waals surface area contributed by atoms with Gasteiger partial charge in [0.2, 0.25) is 0 Å². The van der Waals surface area contributed by atoms with Gasteiger partial charge in [0.25, 0.3) is 5.56 Å². The Morgan fingerprint density at radius 3 is 2.91 bits per heavy atom. The molecule has 0 saturated carbocycles. The van der Waals surface area contributed by atoms with Gasteiger partial charge in [-0.25, -0.2) is 14.5 Å². The first-order chi connectivity index (χ1) is 16.2. The maximum Gasteiger partial charge on any atom is 0.283 e. The Kier molecular flexibility index (Phi) is 5.00. The van der Waals surface area contributed by atoms with E-state index in [1.54, 1.807) is 23.0 Å². The summed E-state index contributed by atoms with van der Waals surface area (Å²) >= 11 is 0. The molecule has 0 aliphatic heterocycles. The molecule has 0 atom stereocenters. The summed E-state index contributed by atoms with van der Waals surface area (Å²) in [6.45, 7) is 2.85. The summed E-state index contributed by atoms with van der Waals surface area (Å²) in [7, 11) is 0. The highest BCUT2D eigenvalue weighted by atomic mass is 16.1. The Hall–Kier alpha value is -4.63. The van der Waals surface area contributed by atoms with E-state index in [1.807, 2.05) is 30.1 Å². The van der Waals surface area contributed by atoms with E-state index in [0.717, 1.165) is 18.5 Å². The maximum absolute atomic E-state index is 13.6. The predicted molar refractivity (Wildman–Crippen MR) is 125 cm³/mol. The number of aromatic amines is 1. The van der Waals surface area contributed by atoms with Gasteiger partial charge in [-0.1, -0.05) is 18.1 Å². The second-order valence-electron chi connectivity index (χ2n) is 7.58. The van der Waals surface area contributed by atoms with Crippen LogP contribution in [0, 0.1) is 23.7 Å². The number of H-pyrrole nitrogens is 1. The van der Waals surface area contributed by atoms with Crippen LogP contribution in [0.25, 0.3) is 22.2 Å². The number of fused-ring (bicyclic) bond motifs is 2. The van der Waals surface area contributed by atoms with Gasteiger partial charge in [-0.15, -0.1) is 6.42 Å². The van der Waals surface area contributed by atoms with Gasteiger partial charge in [-0.3, -0.25) is 9.36 Å². The van der Waals surface area contributed by atoms with Crippen molar-refractivity contribution in [2.24, 2.45) is 0 Å². The van der Waals surface area contributed by atoms with Crippen molar-refractivity contribution >= 4 is 28.1 Å². The number of terminal acetylenes is 1. The minimum Gasteiger partial charge on any atom is -0.349 e. The molecule has 0 saturated heterocycles. The number of hydrogen-bond acceptors (Lipinski definition) is 6. The van der Waals surface area contributed by atoms with Crippen LogP contribution in [0.15, 0.2) is 47.8 Å². The number of anilines is 1. The van der Waals surface area contributed by atoms with Gasteiger partial charge >= 0.3 is 0 Å². The van der Waals surface area contributed by atoms with E-state index < -0.39 is 0 Å². The smallest absolute Gasteiger partial charge is 0.283 e. The summed E-state index contributed by atoms with van der Waals surface area (Å²) in [6.07, 6.45) is 18.2. The third-order valence-corrected chi connectivity index (χ3v) is 5.73. The summed E-state index contributed by atoms with van der Waals surface area (Å²) in [5.74, 6) is 3.71. The third kappa shape index (κ3) is 3.27. The Bertz CT molecular complexity index is 1580. The second kappa shape index (κ2) is 8.13. The average molecular weight is 436 g/mol. The molecular formula is C24H20N8O. The fourth-order valence-electron chi connectivity index (χ4n) is 4.14. The molecule has 5 rings (SSSR count). The molecule has 1 aliphatic rings. The monoisotopic (exact) mass is 436 g/mol. The molecule has 0 radical (unpaired) electrons. The first-order valence-electron chi connectivity index (χ1n) is 10.6. The summed E-state index contributed by atoms with van der Waals surface area (Å²) < 4.78 is 3.16. The molecule has 0 amide bonds. The van der Waals surface area contributed by atoms with Gasteiger partial charge < -0.3 is 9.88 Å². The molecular weight excluding hydrogens is 416 g/mol. The van der Waals surface area contributed by atoms with Crippen molar-refractivity contribution in [3.05, 3.63) is 70.3 Å². The Morgan fingerprint density at radius 1 is 1.30 bits per heavy atom. The molecule has 162 valence electrons. The standard InChI is InChI=1S/C24H20N8O/c1-3-16-10-11-31-21(16)24(33)32(18-8-6-5-7-9-18)19(29-31)14-30(4-2)23-20-17(12-25)13-26-22(20)27-15-28-23/h1,6,8-11,13,15H,4-5,7,14H2,2H3,(H,26,27,28). The maximum atomic E-state index is 13.6. The van der Waals surface area contributed by atoms with Crippen molar-refractivity contribution in [1.82, 2.24) is 29.1 Å². The number of aromatic nitrogens is 6. The SMILES string of the molecule is C#Cc1ccn2nc(CN(CC)c3ncnc4[nH]cc(C#N)c34)n(C3=CCCC=C3)c(=O)c12. The lowest BCUT2D eigenvalue weighted by Crippen LogP contribution is -2.32. The fraction of sp³-hybridized carbons (Fsp3) is 0.208. The van der Waals surface area contributed by atoms with E-state index in [0.29, 0.717) is 52.4 Å². The lowest BCUT2D eigenvalue weighted by atomic mass is 10.1. The number of hydrogen-bond donors (Lipinski definition) is 1. The number of rotatable bonds is 5. The third-order valence-electron chi connectivity index (χ3n) is 5.73. The van der Waals surface area contributed by atoms with Crippen molar-refractivity contribution in [3.63, 3.8) is 0 Å². The van der Waals surface area contributed by atoms with Gasteiger partial charge in [0.1, 0.15) is 29.4 Å². The van der Waals surface area contributed by atoms with Crippen LogP contribution < -0.4 is 10.5 Å². The van der Waals surface area contributed by atoms with E-state index in [1.165, 1.54) is 10.8 Å². The topological polar surface area (TPSA) is 108 Å². The molecule has 0 aromatic carbocycles. The van der Waals surface area contributed by atoms with E-state index in [4.69, 9.17) is 11.5 Å². The molecule has 33 heavy (non-hydrogen) atoms. The van der Waals surface area contributed by atoms with Crippen LogP contribution in [0.5, 0.6) is 0 Å². The lowest BCUT2D eigenvalue weighted by Gasteiger charge is -2.24. The van der Waals surface area contributed by atoms with Crippen molar-refractivity contribution in [2.45, 2.75) is 26.3 Å². The van der Waals surface area contributed by atoms with Gasteiger partial charge in [0, 0.05) is 24.6 Å². The highest BCUT2D eigenvalue weighted by Gasteiger charge is 2.21. The van der Waals surface area contributed by atoms with E-state index >= 15 is 0 Å². The van der Waals surface area contributed by atoms with Gasteiger partial charge in [0.05, 0.1) is 23.1 Å². The quantitative estimate of drug-likeness (QED) is 0.482. The highest BCUT2D eigenvalue weighted by molar-refractivity contribution is 5.92. The normalized spacial score (nSPS) is 13.1. The average Bonchev–Trinajstić information content (AvgIpc) is 3.47. The number of allylic oxidation sites excluding steroid dienone is 4. The van der Waals surface area contributed by atoms with Crippen LogP contribution in [0.1, 0.15) is 36.7 Å². The number of nitrogens with zero attached hydrogens (tertiary/aromatic N) is 7. The van der Waals surface area contributed by atoms with Crippen LogP contribution in [-0.4, -0.2) is 35.7 Å². The van der Waals surface area contributed by atoms with E-state index in [2.05, 4.69) is 26.9 Å². The molecule has 1 N–H and O–H groups in total. The van der Waals surface area contributed by atoms with Gasteiger partial charge in [0.15, 0.2) is 5.82 Å². The first kappa shape index (κ1) is 20.3. The molecule has 0 bridgehead atoms. The molecule has 4 aromatic heterocycles. The predicted octanol–water partition coefficient (Wildman–Crippen LogP) is 2.84. The minimum atomic E-state index is -0.223. The van der Waals surface area contributed by atoms with Crippen molar-refractivity contribution in [3.8, 4) is 18.4 Å². The van der Waals surface area contributed by atoms with Crippen LogP contribution in [0.4, 0.5) is 5.82 Å². The van der Waals surface area contributed by atoms with Gasteiger partial charge in [-0.05, 0) is 31.9 Å². The fourth-order valence-corrected chi connectivity index (χ4v) is 4.14. The Labute approximate surface area is 189 Å². The molecule has 1 aliphatic carbocycles. The highest BCUT2D eigenvalue weighted by Crippen LogP contribution is 2.27. The summed E-state index contributed by atoms with van der Waals surface area (Å²) in [6, 6.07) is 3.90. The molecule has 0 unspecified atom stereocenters. The minimum absolute atomic E-state index is 0.223. The zero-order chi connectivity index (χ0) is 22.9. The molecule has 4 aromatic rings. The van der Waals surface area contributed by atoms with Gasteiger partial charge in [-0.2, -0.15) is 10.4 Å². The molecule has 9 heteroatoms. The van der Waals surface area contributed by atoms with Crippen LogP contribution in [0.3, 0.4) is 0 Å². The van der Waals surface area contributed by atoms with Crippen molar-refractivity contribution in [1.29, 1.82) is 5.26 Å². The Morgan fingerprint density at radius 2 is 2.18 bits per heavy atom. The number of nitriles is 1. The number of nitrogens with one attached hydrogen (secondary N) is 1. The van der Waals surface area contributed by atoms with Crippen LogP contribution >= 0.6 is 0 Å².